The topological polar surface area (TPSA) is 103 Å². The predicted molar refractivity (Wildman–Crippen MR) is 83.2 cm³/mol. The van der Waals surface area contributed by atoms with E-state index in [-0.39, 0.29) is 21.6 Å². The van der Waals surface area contributed by atoms with Gasteiger partial charge in [0.15, 0.2) is 0 Å². The molecule has 0 radical (unpaired) electrons. The van der Waals surface area contributed by atoms with E-state index in [0.717, 1.165) is 32.7 Å². The van der Waals surface area contributed by atoms with Gasteiger partial charge < -0.3 is 10.1 Å². The summed E-state index contributed by atoms with van der Waals surface area (Å²) in [7, 11) is 0. The predicted octanol–water partition coefficient (Wildman–Crippen LogP) is 1.29. The minimum Gasteiger partial charge on any atom is -0.365 e. The second-order valence-electron chi connectivity index (χ2n) is 5.67. The molecule has 1 fully saturated rings. The van der Waals surface area contributed by atoms with Crippen LogP contribution in [0.5, 0.6) is 0 Å². The minimum absolute atomic E-state index is 0.00378. The molecule has 0 amide bonds. The standard InChI is InChI=1S/C14H19N5O4/c1-2-3-6-16-7-9-17(10-8-16)12-5-4-11(18(20)21)13-14(12)19(22)23-15-13/h4-5H,2-3,6-10H2,1H3. The fraction of sp³-hybridized carbons (Fsp3) is 0.571. The van der Waals surface area contributed by atoms with E-state index in [1.54, 1.807) is 6.07 Å². The maximum absolute atomic E-state index is 11.9. The van der Waals surface area contributed by atoms with E-state index < -0.39 is 4.92 Å². The quantitative estimate of drug-likeness (QED) is 0.464. The number of nitro benzene ring substituents is 1. The van der Waals surface area contributed by atoms with Crippen LogP contribution in [0.15, 0.2) is 16.8 Å². The smallest absolute Gasteiger partial charge is 0.327 e. The molecule has 1 saturated heterocycles. The number of hydrogen-bond donors (Lipinski definition) is 0. The number of fused-ring (bicyclic) bond motifs is 1. The van der Waals surface area contributed by atoms with Crippen LogP contribution in [-0.2, 0) is 0 Å². The molecule has 1 aliphatic rings. The number of non-ortho nitro benzene ring substituents is 1. The summed E-state index contributed by atoms with van der Waals surface area (Å²) in [4.78, 5) is 15.2. The number of aromatic nitrogens is 2. The van der Waals surface area contributed by atoms with Crippen LogP contribution in [0.2, 0.25) is 0 Å². The van der Waals surface area contributed by atoms with Crippen molar-refractivity contribution in [2.45, 2.75) is 19.8 Å². The molecule has 1 aliphatic heterocycles. The lowest BCUT2D eigenvalue weighted by Gasteiger charge is -2.35. The molecule has 9 heteroatoms. The molecule has 0 bridgehead atoms. The van der Waals surface area contributed by atoms with E-state index in [4.69, 9.17) is 0 Å². The molecule has 3 rings (SSSR count). The van der Waals surface area contributed by atoms with Gasteiger partial charge in [-0.25, -0.2) is 0 Å². The van der Waals surface area contributed by atoms with Gasteiger partial charge in [-0.1, -0.05) is 13.3 Å². The van der Waals surface area contributed by atoms with Gasteiger partial charge in [-0.3, -0.25) is 19.6 Å². The Labute approximate surface area is 132 Å². The molecule has 0 N–H and O–H groups in total. The highest BCUT2D eigenvalue weighted by Crippen LogP contribution is 2.30. The summed E-state index contributed by atoms with van der Waals surface area (Å²) >= 11 is 0. The van der Waals surface area contributed by atoms with Gasteiger partial charge in [0, 0.05) is 32.2 Å². The Hall–Kier alpha value is -2.42. The highest BCUT2D eigenvalue weighted by Gasteiger charge is 2.29. The second kappa shape index (κ2) is 6.37. The van der Waals surface area contributed by atoms with Crippen molar-refractivity contribution in [2.75, 3.05) is 37.6 Å². The zero-order valence-electron chi connectivity index (χ0n) is 13.0. The minimum atomic E-state index is -0.558. The number of nitrogens with zero attached hydrogens (tertiary/aromatic N) is 5. The van der Waals surface area contributed by atoms with Crippen LogP contribution >= 0.6 is 0 Å². The first-order valence-electron chi connectivity index (χ1n) is 7.76. The molecule has 0 unspecified atom stereocenters. The number of hydrogen-bond acceptors (Lipinski definition) is 7. The van der Waals surface area contributed by atoms with Crippen molar-refractivity contribution >= 4 is 22.4 Å². The molecule has 2 heterocycles. The van der Waals surface area contributed by atoms with Crippen LogP contribution in [0.4, 0.5) is 11.4 Å². The van der Waals surface area contributed by atoms with Gasteiger partial charge in [0.2, 0.25) is 0 Å². The van der Waals surface area contributed by atoms with Gasteiger partial charge in [-0.2, -0.15) is 0 Å². The molecule has 0 spiro atoms. The second-order valence-corrected chi connectivity index (χ2v) is 5.67. The number of anilines is 1. The Morgan fingerprint density at radius 1 is 1.35 bits per heavy atom. The first-order valence-corrected chi connectivity index (χ1v) is 7.76. The van der Waals surface area contributed by atoms with Crippen molar-refractivity contribution in [3.05, 3.63) is 27.5 Å². The molecular weight excluding hydrogens is 302 g/mol. The van der Waals surface area contributed by atoms with Crippen LogP contribution in [-0.4, -0.2) is 47.7 Å². The van der Waals surface area contributed by atoms with E-state index >= 15 is 0 Å². The third-order valence-electron chi connectivity index (χ3n) is 4.24. The van der Waals surface area contributed by atoms with E-state index in [0.29, 0.717) is 5.69 Å². The molecule has 9 nitrogen and oxygen atoms in total. The van der Waals surface area contributed by atoms with Gasteiger partial charge in [0.25, 0.3) is 5.52 Å². The zero-order valence-corrected chi connectivity index (χ0v) is 13.0. The van der Waals surface area contributed by atoms with Crippen molar-refractivity contribution < 1.29 is 14.5 Å². The van der Waals surface area contributed by atoms with Gasteiger partial charge in [-0.05, 0) is 23.9 Å². The van der Waals surface area contributed by atoms with Gasteiger partial charge >= 0.3 is 11.2 Å². The number of piperazine rings is 1. The van der Waals surface area contributed by atoms with Gasteiger partial charge in [0.1, 0.15) is 0 Å². The van der Waals surface area contributed by atoms with Crippen LogP contribution in [0.25, 0.3) is 11.0 Å². The summed E-state index contributed by atoms with van der Waals surface area (Å²) in [6.07, 6.45) is 2.34. The maximum Gasteiger partial charge on any atom is 0.327 e. The lowest BCUT2D eigenvalue weighted by molar-refractivity contribution is -0.782. The summed E-state index contributed by atoms with van der Waals surface area (Å²) in [5.74, 6) is 0. The fourth-order valence-corrected chi connectivity index (χ4v) is 2.94. The van der Waals surface area contributed by atoms with Crippen LogP contribution in [0.3, 0.4) is 0 Å². The average molecular weight is 321 g/mol. The van der Waals surface area contributed by atoms with Crippen LogP contribution < -0.4 is 9.80 Å². The average Bonchev–Trinajstić information content (AvgIpc) is 2.95. The molecule has 1 aromatic carbocycles. The zero-order chi connectivity index (χ0) is 16.4. The highest BCUT2D eigenvalue weighted by atomic mass is 16.8. The first-order chi connectivity index (χ1) is 11.1. The summed E-state index contributed by atoms with van der Waals surface area (Å²) in [6, 6.07) is 2.98. The lowest BCUT2D eigenvalue weighted by atomic mass is 10.2. The third-order valence-corrected chi connectivity index (χ3v) is 4.24. The molecule has 23 heavy (non-hydrogen) atoms. The molecule has 2 aromatic rings. The van der Waals surface area contributed by atoms with Crippen molar-refractivity contribution in [3.63, 3.8) is 0 Å². The highest BCUT2D eigenvalue weighted by molar-refractivity contribution is 5.91. The Balaban J connectivity index is 1.86. The Morgan fingerprint density at radius 2 is 2.09 bits per heavy atom. The molecule has 1 aromatic heterocycles. The summed E-state index contributed by atoms with van der Waals surface area (Å²) < 4.78 is 4.58. The number of unbranched alkanes of at least 4 members (excludes halogenated alkanes) is 1. The fourth-order valence-electron chi connectivity index (χ4n) is 2.94. The summed E-state index contributed by atoms with van der Waals surface area (Å²) in [5, 5.41) is 26.4. The monoisotopic (exact) mass is 321 g/mol. The number of benzene rings is 1. The van der Waals surface area contributed by atoms with Gasteiger partial charge in [-0.15, -0.1) is 0 Å². The van der Waals surface area contributed by atoms with Crippen molar-refractivity contribution in [1.82, 2.24) is 10.1 Å². The van der Waals surface area contributed by atoms with E-state index in [1.165, 1.54) is 18.9 Å². The summed E-state index contributed by atoms with van der Waals surface area (Å²) in [5.41, 5.74) is 0.540. The van der Waals surface area contributed by atoms with Gasteiger partial charge in [0.05, 0.1) is 15.8 Å². The summed E-state index contributed by atoms with van der Waals surface area (Å²) in [6.45, 7) is 6.59. The lowest BCUT2D eigenvalue weighted by Crippen LogP contribution is -2.47. The number of nitro groups is 1. The SMILES string of the molecule is CCCCN1CCN(c2ccc([N+](=O)[O-])c3no[n+]([O-])c23)CC1. The maximum atomic E-state index is 11.9. The molecular formula is C14H19N5O4. The van der Waals surface area contributed by atoms with E-state index in [2.05, 4.69) is 26.5 Å². The van der Waals surface area contributed by atoms with Crippen molar-refractivity contribution in [3.8, 4) is 0 Å². The molecule has 0 atom stereocenters. The molecule has 0 aliphatic carbocycles. The molecule has 124 valence electrons. The third kappa shape index (κ3) is 2.91. The van der Waals surface area contributed by atoms with E-state index in [1.807, 2.05) is 0 Å². The Bertz CT molecular complexity index is 709. The van der Waals surface area contributed by atoms with Crippen molar-refractivity contribution in [1.29, 1.82) is 0 Å². The normalized spacial score (nSPS) is 16.1. The van der Waals surface area contributed by atoms with Crippen molar-refractivity contribution in [2.24, 2.45) is 0 Å². The van der Waals surface area contributed by atoms with Crippen LogP contribution in [0, 0.1) is 15.3 Å². The molecule has 0 saturated carbocycles. The number of rotatable bonds is 5. The Morgan fingerprint density at radius 3 is 2.74 bits per heavy atom. The van der Waals surface area contributed by atoms with Crippen LogP contribution in [0.1, 0.15) is 19.8 Å². The Kier molecular flexibility index (Phi) is 4.28. The van der Waals surface area contributed by atoms with E-state index in [9.17, 15) is 15.3 Å². The largest absolute Gasteiger partial charge is 0.365 e. The first kappa shape index (κ1) is 15.5.